The molecule has 1 amide bonds. The molecule has 5 N–H and O–H groups in total. The fourth-order valence-corrected chi connectivity index (χ4v) is 6.93. The van der Waals surface area contributed by atoms with Crippen LogP contribution in [0.25, 0.3) is 0 Å². The summed E-state index contributed by atoms with van der Waals surface area (Å²) in [5.74, 6) is -1.96. The SMILES string of the molecule is C1CCC([NH2+]C2CCCCC2)CC1.O=C(CCCCCNc1ccc([N+](=O)[O-])cc1[N+](=O)[O-])N[C@@H](CCCCNc1ccc([N+](=O)[O-])cc1[N+](=O)[O-])C(=O)[O-]. The number of nitrogens with two attached hydrogens (primary N) is 1. The molecular formula is C36H52N8O11. The zero-order valence-corrected chi connectivity index (χ0v) is 31.0. The lowest BCUT2D eigenvalue weighted by atomic mass is 9.91. The van der Waals surface area contributed by atoms with Crippen LogP contribution in [0.5, 0.6) is 0 Å². The van der Waals surface area contributed by atoms with Crippen LogP contribution in [0.2, 0.25) is 0 Å². The fourth-order valence-electron chi connectivity index (χ4n) is 6.93. The second-order valence-corrected chi connectivity index (χ2v) is 14.0. The number of nitro benzene ring substituents is 4. The number of hydrogen-bond donors (Lipinski definition) is 4. The molecule has 0 bridgehead atoms. The van der Waals surface area contributed by atoms with Gasteiger partial charge in [0.15, 0.2) is 0 Å². The summed E-state index contributed by atoms with van der Waals surface area (Å²) in [6, 6.07) is 7.19. The van der Waals surface area contributed by atoms with Crippen molar-refractivity contribution in [1.29, 1.82) is 0 Å². The Labute approximate surface area is 318 Å². The monoisotopic (exact) mass is 772 g/mol. The van der Waals surface area contributed by atoms with Crippen molar-refractivity contribution in [1.82, 2.24) is 5.32 Å². The number of amides is 1. The number of non-ortho nitro benzene ring substituents is 2. The van der Waals surface area contributed by atoms with Crippen LogP contribution in [-0.2, 0) is 9.59 Å². The average molecular weight is 773 g/mol. The number of rotatable bonds is 21. The highest BCUT2D eigenvalue weighted by molar-refractivity contribution is 5.82. The van der Waals surface area contributed by atoms with Gasteiger partial charge in [-0.15, -0.1) is 0 Å². The highest BCUT2D eigenvalue weighted by Crippen LogP contribution is 2.30. The van der Waals surface area contributed by atoms with Gasteiger partial charge in [0.25, 0.3) is 22.7 Å². The summed E-state index contributed by atoms with van der Waals surface area (Å²) in [7, 11) is 0. The molecule has 2 aromatic carbocycles. The van der Waals surface area contributed by atoms with Gasteiger partial charge in [-0.05, 0) is 95.6 Å². The van der Waals surface area contributed by atoms with Crippen molar-refractivity contribution in [3.63, 3.8) is 0 Å². The number of quaternary nitrogens is 1. The minimum atomic E-state index is -1.46. The Bertz CT molecular complexity index is 1600. The van der Waals surface area contributed by atoms with Gasteiger partial charge in [0.05, 0.1) is 55.9 Å². The first-order valence-corrected chi connectivity index (χ1v) is 19.0. The molecule has 2 aliphatic rings. The van der Waals surface area contributed by atoms with E-state index in [1.54, 1.807) is 0 Å². The van der Waals surface area contributed by atoms with Crippen molar-refractivity contribution in [2.45, 2.75) is 127 Å². The van der Waals surface area contributed by atoms with Crippen molar-refractivity contribution in [3.8, 4) is 0 Å². The normalized spacial score (nSPS) is 15.1. The predicted molar refractivity (Wildman–Crippen MR) is 201 cm³/mol. The fraction of sp³-hybridized carbons (Fsp3) is 0.611. The maximum absolute atomic E-state index is 12.2. The predicted octanol–water partition coefficient (Wildman–Crippen LogP) is 5.02. The van der Waals surface area contributed by atoms with Gasteiger partial charge in [-0.3, -0.25) is 45.3 Å². The van der Waals surface area contributed by atoms with Gasteiger partial charge in [-0.25, -0.2) is 0 Å². The Kier molecular flexibility index (Phi) is 18.7. The van der Waals surface area contributed by atoms with Crippen LogP contribution >= 0.6 is 0 Å². The van der Waals surface area contributed by atoms with Crippen molar-refractivity contribution in [2.24, 2.45) is 0 Å². The number of carbonyl (C=O) groups is 2. The van der Waals surface area contributed by atoms with E-state index < -0.39 is 60.4 Å². The first kappa shape index (κ1) is 43.9. The summed E-state index contributed by atoms with van der Waals surface area (Å²) in [5, 5.41) is 66.2. The summed E-state index contributed by atoms with van der Waals surface area (Å²) in [6.45, 7) is 0.516. The van der Waals surface area contributed by atoms with Crippen molar-refractivity contribution in [2.75, 3.05) is 23.7 Å². The molecule has 2 saturated carbocycles. The summed E-state index contributed by atoms with van der Waals surface area (Å²) in [5.41, 5.74) is -1.52. The van der Waals surface area contributed by atoms with Gasteiger partial charge in [-0.1, -0.05) is 19.3 Å². The third-order valence-corrected chi connectivity index (χ3v) is 9.87. The molecule has 19 nitrogen and oxygen atoms in total. The molecule has 2 fully saturated rings. The molecule has 0 unspecified atom stereocenters. The van der Waals surface area contributed by atoms with Gasteiger partial charge < -0.3 is 31.2 Å². The first-order chi connectivity index (χ1) is 26.3. The molecule has 0 aromatic heterocycles. The van der Waals surface area contributed by atoms with Crippen LogP contribution < -0.4 is 26.4 Å². The van der Waals surface area contributed by atoms with E-state index in [1.807, 2.05) is 0 Å². The number of carboxylic acid groups (broad SMARTS) is 1. The molecule has 0 radical (unpaired) electrons. The van der Waals surface area contributed by atoms with E-state index in [0.717, 1.165) is 36.3 Å². The first-order valence-electron chi connectivity index (χ1n) is 19.0. The van der Waals surface area contributed by atoms with Crippen molar-refractivity contribution in [3.05, 3.63) is 76.9 Å². The number of anilines is 2. The summed E-state index contributed by atoms with van der Waals surface area (Å²) in [4.78, 5) is 64.7. The zero-order valence-electron chi connectivity index (χ0n) is 31.0. The lowest BCUT2D eigenvalue weighted by Gasteiger charge is -2.27. The summed E-state index contributed by atoms with van der Waals surface area (Å²) in [6.07, 6.45) is 17.2. The minimum Gasteiger partial charge on any atom is -0.548 e. The number of hydrogen-bond acceptors (Lipinski definition) is 13. The van der Waals surface area contributed by atoms with E-state index in [9.17, 15) is 55.2 Å². The van der Waals surface area contributed by atoms with Gasteiger partial charge in [0.1, 0.15) is 11.4 Å². The van der Waals surface area contributed by atoms with Gasteiger partial charge in [0.2, 0.25) is 5.91 Å². The second kappa shape index (κ2) is 23.4. The number of aliphatic carboxylic acids is 1. The van der Waals surface area contributed by atoms with Gasteiger partial charge in [-0.2, -0.15) is 0 Å². The molecule has 55 heavy (non-hydrogen) atoms. The Morgan fingerprint density at radius 1 is 0.636 bits per heavy atom. The summed E-state index contributed by atoms with van der Waals surface area (Å²) < 4.78 is 0. The van der Waals surface area contributed by atoms with Crippen LogP contribution in [-0.4, -0.2) is 62.8 Å². The molecule has 1 atom stereocenters. The zero-order chi connectivity index (χ0) is 40.2. The lowest BCUT2D eigenvalue weighted by Crippen LogP contribution is -2.95. The third-order valence-electron chi connectivity index (χ3n) is 9.87. The summed E-state index contributed by atoms with van der Waals surface area (Å²) >= 11 is 0. The van der Waals surface area contributed by atoms with E-state index in [1.165, 1.54) is 76.3 Å². The van der Waals surface area contributed by atoms with E-state index >= 15 is 0 Å². The Balaban J connectivity index is 0.000000519. The standard InChI is InChI=1S/C24H29N7O11.C12H23N/c32-23(7-2-1-4-12-25-18-10-8-16(28(35)36)14-21(18)30(39)40)27-20(24(33)34)6-3-5-13-26-19-11-9-17(29(37)38)15-22(19)31(41)42;1-3-7-11(8-4-1)13-12-9-5-2-6-10-12/h8-11,14-15,20,25-26H,1-7,12-13H2,(H,27,32)(H,33,34);11-13H,1-10H2/t20-;/m0./s1. The van der Waals surface area contributed by atoms with Gasteiger partial charge in [0, 0.05) is 31.6 Å². The Morgan fingerprint density at radius 3 is 1.51 bits per heavy atom. The number of benzene rings is 2. The second-order valence-electron chi connectivity index (χ2n) is 14.0. The average Bonchev–Trinajstić information content (AvgIpc) is 3.16. The van der Waals surface area contributed by atoms with Crippen LogP contribution in [0.15, 0.2) is 36.4 Å². The van der Waals surface area contributed by atoms with Crippen LogP contribution in [0, 0.1) is 40.5 Å². The van der Waals surface area contributed by atoms with Gasteiger partial charge >= 0.3 is 0 Å². The minimum absolute atomic E-state index is 0.0345. The number of nitro groups is 4. The molecule has 2 aliphatic carbocycles. The Hall–Kier alpha value is -5.46. The smallest absolute Gasteiger partial charge is 0.299 e. The molecule has 302 valence electrons. The molecular weight excluding hydrogens is 720 g/mol. The molecule has 0 aliphatic heterocycles. The quantitative estimate of drug-likeness (QED) is 0.0737. The highest BCUT2D eigenvalue weighted by atomic mass is 16.6. The van der Waals surface area contributed by atoms with Crippen LogP contribution in [0.3, 0.4) is 0 Å². The molecule has 0 spiro atoms. The molecule has 19 heteroatoms. The molecule has 0 saturated heterocycles. The number of carbonyl (C=O) groups excluding carboxylic acids is 2. The van der Waals surface area contributed by atoms with Crippen LogP contribution in [0.4, 0.5) is 34.1 Å². The highest BCUT2D eigenvalue weighted by Gasteiger charge is 2.23. The number of unbranched alkanes of at least 4 members (excludes halogenated alkanes) is 3. The van der Waals surface area contributed by atoms with E-state index in [2.05, 4.69) is 21.3 Å². The number of nitrogens with one attached hydrogen (secondary N) is 3. The Morgan fingerprint density at radius 2 is 1.09 bits per heavy atom. The van der Waals surface area contributed by atoms with Crippen molar-refractivity contribution >= 4 is 46.0 Å². The molecule has 2 aromatic rings. The topological polar surface area (TPSA) is 282 Å². The van der Waals surface area contributed by atoms with E-state index in [4.69, 9.17) is 0 Å². The number of carboxylic acids is 1. The molecule has 4 rings (SSSR count). The third kappa shape index (κ3) is 15.8. The van der Waals surface area contributed by atoms with E-state index in [0.29, 0.717) is 38.6 Å². The largest absolute Gasteiger partial charge is 0.548 e. The maximum Gasteiger partial charge on any atom is 0.299 e. The van der Waals surface area contributed by atoms with Crippen molar-refractivity contribution < 1.29 is 39.7 Å². The molecule has 0 heterocycles. The van der Waals surface area contributed by atoms with E-state index in [-0.39, 0.29) is 30.8 Å². The lowest BCUT2D eigenvalue weighted by molar-refractivity contribution is -0.725. The van der Waals surface area contributed by atoms with Crippen LogP contribution in [0.1, 0.15) is 109 Å². The maximum atomic E-state index is 12.2. The number of nitrogens with zero attached hydrogens (tertiary/aromatic N) is 4.